The number of benzene rings is 3. The molecule has 230 valence electrons. The number of hydrogen-bond donors (Lipinski definition) is 4. The zero-order valence-corrected chi connectivity index (χ0v) is 23.9. The molecule has 2 aromatic heterocycles. The number of hydrogen-bond acceptors (Lipinski definition) is 9. The van der Waals surface area contributed by atoms with Crippen LogP contribution in [0.15, 0.2) is 79.1 Å². The van der Waals surface area contributed by atoms with Gasteiger partial charge in [-0.25, -0.2) is 19.7 Å². The van der Waals surface area contributed by atoms with Gasteiger partial charge in [-0.1, -0.05) is 24.3 Å². The van der Waals surface area contributed by atoms with E-state index in [9.17, 15) is 22.8 Å². The fraction of sp³-hybridized carbons (Fsp3) is 0.133. The van der Waals surface area contributed by atoms with Gasteiger partial charge in [0, 0.05) is 30.4 Å². The van der Waals surface area contributed by atoms with Crippen molar-refractivity contribution in [2.75, 3.05) is 28.7 Å². The zero-order chi connectivity index (χ0) is 31.6. The molecule has 45 heavy (non-hydrogen) atoms. The van der Waals surface area contributed by atoms with Crippen molar-refractivity contribution < 1.29 is 37.3 Å². The van der Waals surface area contributed by atoms with Gasteiger partial charge in [-0.05, 0) is 42.5 Å². The monoisotopic (exact) mass is 636 g/mol. The lowest BCUT2D eigenvalue weighted by molar-refractivity contribution is -0.274. The zero-order valence-electron chi connectivity index (χ0n) is 23.1. The van der Waals surface area contributed by atoms with Crippen LogP contribution in [0.1, 0.15) is 15.2 Å². The van der Waals surface area contributed by atoms with Gasteiger partial charge in [0.2, 0.25) is 0 Å². The molecule has 3 aromatic carbocycles. The summed E-state index contributed by atoms with van der Waals surface area (Å²) in [6.07, 6.45) is -3.69. The molecule has 0 saturated heterocycles. The van der Waals surface area contributed by atoms with Gasteiger partial charge < -0.3 is 30.5 Å². The third kappa shape index (κ3) is 6.50. The van der Waals surface area contributed by atoms with Crippen molar-refractivity contribution >= 4 is 56.4 Å². The first-order valence-corrected chi connectivity index (χ1v) is 14.2. The molecule has 0 unspecified atom stereocenters. The Labute approximate surface area is 257 Å². The molecule has 0 atom stereocenters. The fourth-order valence-electron chi connectivity index (χ4n) is 4.64. The van der Waals surface area contributed by atoms with Gasteiger partial charge in [0.05, 0.1) is 23.4 Å². The summed E-state index contributed by atoms with van der Waals surface area (Å²) >= 11 is 0.994. The van der Waals surface area contributed by atoms with E-state index < -0.39 is 24.1 Å². The SMILES string of the molecule is O=C(Nc1ccc(CNCCO)c(OC(F)(F)F)c1)c1sc2ncnc3c2c1NC(=O)N3c1ccc(Oc2ccccc2)cc1. The van der Waals surface area contributed by atoms with E-state index in [2.05, 4.69) is 30.7 Å². The van der Waals surface area contributed by atoms with Gasteiger partial charge in [-0.2, -0.15) is 0 Å². The van der Waals surface area contributed by atoms with Crippen molar-refractivity contribution in [3.63, 3.8) is 0 Å². The van der Waals surface area contributed by atoms with Crippen LogP contribution >= 0.6 is 11.3 Å². The van der Waals surface area contributed by atoms with E-state index in [1.165, 1.54) is 23.4 Å². The standard InChI is InChI=1S/C30H23F3N6O5S/c31-30(32,33)44-22-14-18(7-6-17(22)15-34-12-13-40)37-27(41)25-24-23-26(35-16-36-28(23)45-25)39(29(42)38-24)19-8-10-21(11-9-19)43-20-4-2-1-3-5-20/h1-11,14,16,34,40H,12-13,15H2,(H,37,41)(H,38,42). The van der Waals surface area contributed by atoms with Gasteiger partial charge in [-0.15, -0.1) is 24.5 Å². The number of carbonyl (C=O) groups excluding carboxylic acids is 2. The maximum atomic E-state index is 13.4. The number of nitrogens with one attached hydrogen (secondary N) is 3. The number of alkyl halides is 3. The Bertz CT molecular complexity index is 1870. The minimum absolute atomic E-state index is 0.00653. The van der Waals surface area contributed by atoms with Crippen molar-refractivity contribution in [1.82, 2.24) is 15.3 Å². The number of amides is 3. The summed E-state index contributed by atoms with van der Waals surface area (Å²) in [7, 11) is 0. The van der Waals surface area contributed by atoms with Crippen LogP contribution in [0.3, 0.4) is 0 Å². The number of aromatic nitrogens is 2. The van der Waals surface area contributed by atoms with E-state index in [4.69, 9.17) is 9.84 Å². The van der Waals surface area contributed by atoms with Crippen molar-refractivity contribution in [2.45, 2.75) is 12.9 Å². The van der Waals surface area contributed by atoms with Gasteiger partial charge in [0.1, 0.15) is 33.3 Å². The molecule has 0 spiro atoms. The summed E-state index contributed by atoms with van der Waals surface area (Å²) in [5.41, 5.74) is 0.872. The topological polar surface area (TPSA) is 138 Å². The maximum Gasteiger partial charge on any atom is 0.573 e. The van der Waals surface area contributed by atoms with Crippen LogP contribution in [0.2, 0.25) is 0 Å². The van der Waals surface area contributed by atoms with Crippen LogP contribution in [-0.4, -0.2) is 46.5 Å². The highest BCUT2D eigenvalue weighted by Gasteiger charge is 2.35. The predicted octanol–water partition coefficient (Wildman–Crippen LogP) is 6.40. The second kappa shape index (κ2) is 12.4. The quantitative estimate of drug-likeness (QED) is 0.129. The van der Waals surface area contributed by atoms with E-state index in [0.717, 1.165) is 17.4 Å². The molecular formula is C30H23F3N6O5S. The summed E-state index contributed by atoms with van der Waals surface area (Å²) in [6, 6.07) is 19.3. The number of carbonyl (C=O) groups is 2. The Hall–Kier alpha value is -5.25. The molecule has 0 saturated carbocycles. The normalized spacial score (nSPS) is 12.6. The summed E-state index contributed by atoms with van der Waals surface area (Å²) < 4.78 is 49.3. The van der Waals surface area contributed by atoms with Crippen LogP contribution in [0, 0.1) is 0 Å². The Morgan fingerprint density at radius 2 is 1.78 bits per heavy atom. The molecule has 11 nitrogen and oxygen atoms in total. The molecular weight excluding hydrogens is 613 g/mol. The molecule has 6 rings (SSSR count). The highest BCUT2D eigenvalue weighted by atomic mass is 32.1. The highest BCUT2D eigenvalue weighted by Crippen LogP contribution is 2.45. The first-order valence-electron chi connectivity index (χ1n) is 13.4. The number of urea groups is 1. The Morgan fingerprint density at radius 3 is 2.51 bits per heavy atom. The third-order valence-corrected chi connectivity index (χ3v) is 7.65. The molecule has 1 aliphatic rings. The molecule has 4 N–H and O–H groups in total. The molecule has 3 heterocycles. The highest BCUT2D eigenvalue weighted by molar-refractivity contribution is 7.21. The summed E-state index contributed by atoms with van der Waals surface area (Å²) in [5.74, 6) is 0.275. The van der Waals surface area contributed by atoms with E-state index in [-0.39, 0.29) is 47.3 Å². The minimum atomic E-state index is -4.97. The number of para-hydroxylation sites is 1. The number of aliphatic hydroxyl groups is 1. The molecule has 5 aromatic rings. The van der Waals surface area contributed by atoms with Crippen LogP contribution in [0.4, 0.5) is 40.8 Å². The van der Waals surface area contributed by atoms with E-state index in [0.29, 0.717) is 27.4 Å². The third-order valence-electron chi connectivity index (χ3n) is 6.55. The molecule has 0 bridgehead atoms. The summed E-state index contributed by atoms with van der Waals surface area (Å²) in [6.45, 7) is -0.0361. The maximum absolute atomic E-state index is 13.4. The van der Waals surface area contributed by atoms with Crippen LogP contribution < -0.4 is 30.3 Å². The summed E-state index contributed by atoms with van der Waals surface area (Å²) in [4.78, 5) is 37.2. The van der Waals surface area contributed by atoms with E-state index in [1.54, 1.807) is 24.3 Å². The first-order chi connectivity index (χ1) is 21.7. The molecule has 0 fully saturated rings. The minimum Gasteiger partial charge on any atom is -0.457 e. The van der Waals surface area contributed by atoms with Crippen molar-refractivity contribution in [3.05, 3.63) is 89.6 Å². The van der Waals surface area contributed by atoms with Gasteiger partial charge in [0.25, 0.3) is 5.91 Å². The lowest BCUT2D eigenvalue weighted by Gasteiger charge is -2.27. The van der Waals surface area contributed by atoms with Gasteiger partial charge in [-0.3, -0.25) is 4.79 Å². The number of aliphatic hydroxyl groups excluding tert-OH is 1. The van der Waals surface area contributed by atoms with Crippen LogP contribution in [0.25, 0.3) is 10.2 Å². The number of thiophene rings is 1. The average molecular weight is 637 g/mol. The molecule has 0 aliphatic carbocycles. The fourth-order valence-corrected chi connectivity index (χ4v) is 5.63. The van der Waals surface area contributed by atoms with E-state index in [1.807, 2.05) is 30.3 Å². The van der Waals surface area contributed by atoms with Gasteiger partial charge in [0.15, 0.2) is 5.82 Å². The van der Waals surface area contributed by atoms with Crippen LogP contribution in [0.5, 0.6) is 17.2 Å². The van der Waals surface area contributed by atoms with Crippen molar-refractivity contribution in [1.29, 1.82) is 0 Å². The largest absolute Gasteiger partial charge is 0.573 e. The first kappa shape index (κ1) is 29.8. The molecule has 15 heteroatoms. The summed E-state index contributed by atoms with van der Waals surface area (Å²) in [5, 5.41) is 17.5. The van der Waals surface area contributed by atoms with Crippen LogP contribution in [-0.2, 0) is 6.54 Å². The average Bonchev–Trinajstić information content (AvgIpc) is 3.38. The Kier molecular flexibility index (Phi) is 8.21. The molecule has 3 amide bonds. The lowest BCUT2D eigenvalue weighted by atomic mass is 10.1. The predicted molar refractivity (Wildman–Crippen MR) is 161 cm³/mol. The number of ether oxygens (including phenoxy) is 2. The Morgan fingerprint density at radius 1 is 1.02 bits per heavy atom. The lowest BCUT2D eigenvalue weighted by Crippen LogP contribution is -2.35. The molecule has 1 aliphatic heterocycles. The Balaban J connectivity index is 1.27. The van der Waals surface area contributed by atoms with Crippen molar-refractivity contribution in [3.8, 4) is 17.2 Å². The number of halogens is 3. The van der Waals surface area contributed by atoms with Gasteiger partial charge >= 0.3 is 12.4 Å². The van der Waals surface area contributed by atoms with E-state index >= 15 is 0 Å². The number of anilines is 4. The van der Waals surface area contributed by atoms with Crippen molar-refractivity contribution in [2.24, 2.45) is 0 Å². The smallest absolute Gasteiger partial charge is 0.457 e. The second-order valence-electron chi connectivity index (χ2n) is 9.58. The number of rotatable bonds is 10. The number of nitrogens with zero attached hydrogens (tertiary/aromatic N) is 3. The second-order valence-corrected chi connectivity index (χ2v) is 10.6. The molecule has 0 radical (unpaired) electrons.